The molecule has 0 aliphatic heterocycles. The number of carbonyl (C=O) groups is 2. The first-order valence-corrected chi connectivity index (χ1v) is 13.7. The SMILES string of the molecule is COc1ccc(Nc2nc(NCCOCCOCCNC(=O)c3ccccc3)nc(N[C@@H](CC(C)C)C(=O)O)n2)cc1. The van der Waals surface area contributed by atoms with Crippen LogP contribution < -0.4 is 26.0 Å². The molecule has 2 aromatic carbocycles. The zero-order valence-electron chi connectivity index (χ0n) is 24.1. The van der Waals surface area contributed by atoms with E-state index in [1.807, 2.05) is 44.2 Å². The predicted molar refractivity (Wildman–Crippen MR) is 160 cm³/mol. The number of carboxylic acid groups (broad SMARTS) is 1. The zero-order chi connectivity index (χ0) is 30.2. The molecule has 3 aromatic rings. The highest BCUT2D eigenvalue weighted by Crippen LogP contribution is 2.20. The third-order valence-corrected chi connectivity index (χ3v) is 5.76. The summed E-state index contributed by atoms with van der Waals surface area (Å²) >= 11 is 0. The van der Waals surface area contributed by atoms with Crippen molar-refractivity contribution in [1.29, 1.82) is 0 Å². The number of amides is 1. The van der Waals surface area contributed by atoms with E-state index < -0.39 is 12.0 Å². The molecular formula is C29H39N7O6. The molecule has 226 valence electrons. The average Bonchev–Trinajstić information content (AvgIpc) is 2.98. The van der Waals surface area contributed by atoms with E-state index in [1.165, 1.54) is 0 Å². The number of aromatic nitrogens is 3. The van der Waals surface area contributed by atoms with E-state index in [9.17, 15) is 14.7 Å². The van der Waals surface area contributed by atoms with E-state index in [1.54, 1.807) is 31.4 Å². The maximum atomic E-state index is 12.0. The van der Waals surface area contributed by atoms with Crippen LogP contribution in [0.2, 0.25) is 0 Å². The van der Waals surface area contributed by atoms with Crippen molar-refractivity contribution in [3.8, 4) is 5.75 Å². The van der Waals surface area contributed by atoms with Crippen LogP contribution in [0.4, 0.5) is 23.5 Å². The van der Waals surface area contributed by atoms with Crippen LogP contribution in [0.25, 0.3) is 0 Å². The lowest BCUT2D eigenvalue weighted by atomic mass is 10.0. The van der Waals surface area contributed by atoms with Crippen molar-refractivity contribution in [1.82, 2.24) is 20.3 Å². The molecule has 42 heavy (non-hydrogen) atoms. The molecule has 1 amide bonds. The van der Waals surface area contributed by atoms with E-state index in [-0.39, 0.29) is 29.7 Å². The van der Waals surface area contributed by atoms with Crippen molar-refractivity contribution in [2.45, 2.75) is 26.3 Å². The highest BCUT2D eigenvalue weighted by atomic mass is 16.5. The van der Waals surface area contributed by atoms with Crippen molar-refractivity contribution in [2.24, 2.45) is 5.92 Å². The Morgan fingerprint density at radius 2 is 1.48 bits per heavy atom. The molecule has 0 spiro atoms. The molecule has 1 heterocycles. The topological polar surface area (TPSA) is 169 Å². The summed E-state index contributed by atoms with van der Waals surface area (Å²) in [6, 6.07) is 15.4. The number of carboxylic acids is 1. The minimum atomic E-state index is -0.988. The summed E-state index contributed by atoms with van der Waals surface area (Å²) in [6.45, 7) is 6.17. The second kappa shape index (κ2) is 17.4. The van der Waals surface area contributed by atoms with Crippen LogP contribution >= 0.6 is 0 Å². The number of anilines is 4. The number of benzene rings is 2. The van der Waals surface area contributed by atoms with Crippen molar-refractivity contribution >= 4 is 35.4 Å². The Hall–Kier alpha value is -4.49. The fourth-order valence-corrected chi connectivity index (χ4v) is 3.71. The molecule has 0 unspecified atom stereocenters. The highest BCUT2D eigenvalue weighted by Gasteiger charge is 2.20. The predicted octanol–water partition coefficient (Wildman–Crippen LogP) is 3.41. The van der Waals surface area contributed by atoms with Crippen LogP contribution in [-0.4, -0.2) is 84.6 Å². The molecule has 0 aliphatic rings. The van der Waals surface area contributed by atoms with Gasteiger partial charge in [-0.2, -0.15) is 15.0 Å². The van der Waals surface area contributed by atoms with Crippen LogP contribution in [0.1, 0.15) is 30.6 Å². The number of hydrogen-bond acceptors (Lipinski definition) is 11. The molecule has 0 bridgehead atoms. The first kappa shape index (κ1) is 32.0. The van der Waals surface area contributed by atoms with Gasteiger partial charge in [0, 0.05) is 24.3 Å². The first-order valence-electron chi connectivity index (χ1n) is 13.7. The van der Waals surface area contributed by atoms with Gasteiger partial charge in [-0.25, -0.2) is 4.79 Å². The largest absolute Gasteiger partial charge is 0.497 e. The van der Waals surface area contributed by atoms with Gasteiger partial charge in [-0.15, -0.1) is 0 Å². The van der Waals surface area contributed by atoms with Crippen LogP contribution in [0, 0.1) is 5.92 Å². The quantitative estimate of drug-likeness (QED) is 0.131. The van der Waals surface area contributed by atoms with Gasteiger partial charge in [0.15, 0.2) is 0 Å². The Balaban J connectivity index is 1.46. The van der Waals surface area contributed by atoms with Crippen molar-refractivity contribution in [3.63, 3.8) is 0 Å². The summed E-state index contributed by atoms with van der Waals surface area (Å²) in [7, 11) is 1.59. The molecule has 0 saturated heterocycles. The fraction of sp³-hybridized carbons (Fsp3) is 0.414. The number of nitrogens with zero attached hydrogens (tertiary/aromatic N) is 3. The lowest BCUT2D eigenvalue weighted by Gasteiger charge is -2.17. The lowest BCUT2D eigenvalue weighted by molar-refractivity contribution is -0.138. The number of rotatable bonds is 19. The Morgan fingerprint density at radius 1 is 0.833 bits per heavy atom. The summed E-state index contributed by atoms with van der Waals surface area (Å²) < 4.78 is 16.3. The van der Waals surface area contributed by atoms with E-state index in [0.717, 1.165) is 5.69 Å². The van der Waals surface area contributed by atoms with Gasteiger partial charge in [0.2, 0.25) is 17.8 Å². The van der Waals surface area contributed by atoms with Crippen molar-refractivity contribution < 1.29 is 28.9 Å². The normalized spacial score (nSPS) is 11.5. The summed E-state index contributed by atoms with van der Waals surface area (Å²) in [5.41, 5.74) is 1.33. The van der Waals surface area contributed by atoms with Crippen molar-refractivity contribution in [3.05, 3.63) is 60.2 Å². The number of hydrogen-bond donors (Lipinski definition) is 5. The number of ether oxygens (including phenoxy) is 3. The Labute approximate surface area is 245 Å². The van der Waals surface area contributed by atoms with Crippen LogP contribution in [-0.2, 0) is 14.3 Å². The van der Waals surface area contributed by atoms with Gasteiger partial charge < -0.3 is 40.6 Å². The number of nitrogens with one attached hydrogen (secondary N) is 4. The molecule has 1 atom stereocenters. The maximum absolute atomic E-state index is 12.0. The molecule has 1 aromatic heterocycles. The van der Waals surface area contributed by atoms with Gasteiger partial charge in [-0.05, 0) is 48.7 Å². The second-order valence-electron chi connectivity index (χ2n) is 9.60. The minimum absolute atomic E-state index is 0.130. The number of aliphatic carboxylic acids is 1. The molecule has 0 aliphatic carbocycles. The van der Waals surface area contributed by atoms with Gasteiger partial charge >= 0.3 is 5.97 Å². The van der Waals surface area contributed by atoms with Crippen LogP contribution in [0.5, 0.6) is 5.75 Å². The Bertz CT molecular complexity index is 1240. The van der Waals surface area contributed by atoms with Gasteiger partial charge in [0.25, 0.3) is 5.91 Å². The molecular weight excluding hydrogens is 542 g/mol. The molecule has 13 heteroatoms. The third kappa shape index (κ3) is 11.6. The first-order chi connectivity index (χ1) is 20.3. The molecule has 13 nitrogen and oxygen atoms in total. The van der Waals surface area contributed by atoms with Crippen LogP contribution in [0.15, 0.2) is 54.6 Å². The molecule has 0 fully saturated rings. The molecule has 0 saturated carbocycles. The monoisotopic (exact) mass is 581 g/mol. The fourth-order valence-electron chi connectivity index (χ4n) is 3.71. The highest BCUT2D eigenvalue weighted by molar-refractivity contribution is 5.94. The number of carbonyl (C=O) groups excluding carboxylic acids is 1. The summed E-state index contributed by atoms with van der Waals surface area (Å²) in [5, 5.41) is 21.6. The average molecular weight is 582 g/mol. The Morgan fingerprint density at radius 3 is 2.12 bits per heavy atom. The smallest absolute Gasteiger partial charge is 0.326 e. The second-order valence-corrected chi connectivity index (χ2v) is 9.60. The molecule has 0 radical (unpaired) electrons. The van der Waals surface area contributed by atoms with E-state index in [4.69, 9.17) is 14.2 Å². The van der Waals surface area contributed by atoms with E-state index >= 15 is 0 Å². The summed E-state index contributed by atoms with van der Waals surface area (Å²) in [6.07, 6.45) is 0.403. The van der Waals surface area contributed by atoms with Gasteiger partial charge in [0.1, 0.15) is 11.8 Å². The number of methoxy groups -OCH3 is 1. The summed E-state index contributed by atoms with van der Waals surface area (Å²) in [4.78, 5) is 36.9. The molecule has 5 N–H and O–H groups in total. The standard InChI is InChI=1S/C29H39N7O6/c1-20(2)19-24(26(38)39)33-29-35-27(34-28(36-29)32-22-9-11-23(40-3)12-10-22)31-14-16-42-18-17-41-15-13-30-25(37)21-7-5-4-6-8-21/h4-12,20,24H,13-19H2,1-3H3,(H,30,37)(H,38,39)(H3,31,32,33,34,35,36)/t24-/m0/s1. The third-order valence-electron chi connectivity index (χ3n) is 5.76. The maximum Gasteiger partial charge on any atom is 0.326 e. The van der Waals surface area contributed by atoms with Crippen LogP contribution in [0.3, 0.4) is 0 Å². The Kier molecular flexibility index (Phi) is 13.2. The minimum Gasteiger partial charge on any atom is -0.497 e. The molecule has 3 rings (SSSR count). The van der Waals surface area contributed by atoms with Gasteiger partial charge in [-0.3, -0.25) is 4.79 Å². The van der Waals surface area contributed by atoms with E-state index in [0.29, 0.717) is 57.3 Å². The van der Waals surface area contributed by atoms with Gasteiger partial charge in [0.05, 0.1) is 33.5 Å². The zero-order valence-corrected chi connectivity index (χ0v) is 24.1. The lowest BCUT2D eigenvalue weighted by Crippen LogP contribution is -2.31. The summed E-state index contributed by atoms with van der Waals surface area (Å²) in [5.74, 6) is 0.360. The van der Waals surface area contributed by atoms with Gasteiger partial charge in [-0.1, -0.05) is 32.0 Å². The van der Waals surface area contributed by atoms with E-state index in [2.05, 4.69) is 36.2 Å². The van der Waals surface area contributed by atoms with Crippen molar-refractivity contribution in [2.75, 3.05) is 62.6 Å².